The summed E-state index contributed by atoms with van der Waals surface area (Å²) >= 11 is 1.71. The monoisotopic (exact) mass is 317 g/mol. The van der Waals surface area contributed by atoms with Crippen LogP contribution < -0.4 is 5.32 Å². The summed E-state index contributed by atoms with van der Waals surface area (Å²) in [5, 5.41) is 6.89. The van der Waals surface area contributed by atoms with E-state index < -0.39 is 6.43 Å². The van der Waals surface area contributed by atoms with Crippen molar-refractivity contribution in [3.05, 3.63) is 16.1 Å². The van der Waals surface area contributed by atoms with Gasteiger partial charge in [0.25, 0.3) is 6.43 Å². The summed E-state index contributed by atoms with van der Waals surface area (Å²) in [6.07, 6.45) is -0.367. The second-order valence-corrected chi connectivity index (χ2v) is 7.01. The minimum absolute atomic E-state index is 0.0912. The Labute approximate surface area is 129 Å². The van der Waals surface area contributed by atoms with Gasteiger partial charge in [0, 0.05) is 23.4 Å². The van der Waals surface area contributed by atoms with Crippen molar-refractivity contribution in [3.8, 4) is 0 Å². The van der Waals surface area contributed by atoms with Crippen molar-refractivity contribution in [1.82, 2.24) is 15.2 Å². The molecule has 1 aromatic heterocycles. The van der Waals surface area contributed by atoms with Crippen molar-refractivity contribution in [1.29, 1.82) is 0 Å². The molecule has 1 aromatic rings. The molecule has 1 aliphatic rings. The SMILES string of the molecule is CC(C)c1nc([C@H](C)NC2CCN(CC(F)F)CC2)cs1. The van der Waals surface area contributed by atoms with E-state index in [1.807, 2.05) is 4.90 Å². The molecular formula is C15H25F2N3S. The van der Waals surface area contributed by atoms with Gasteiger partial charge < -0.3 is 5.32 Å². The third kappa shape index (κ3) is 4.97. The topological polar surface area (TPSA) is 28.2 Å². The van der Waals surface area contributed by atoms with Gasteiger partial charge in [-0.1, -0.05) is 13.8 Å². The summed E-state index contributed by atoms with van der Waals surface area (Å²) in [6, 6.07) is 0.624. The van der Waals surface area contributed by atoms with Crippen molar-refractivity contribution < 1.29 is 8.78 Å². The lowest BCUT2D eigenvalue weighted by Crippen LogP contribution is -2.44. The van der Waals surface area contributed by atoms with Gasteiger partial charge in [0.15, 0.2) is 0 Å². The van der Waals surface area contributed by atoms with Crippen LogP contribution >= 0.6 is 11.3 Å². The van der Waals surface area contributed by atoms with E-state index >= 15 is 0 Å². The van der Waals surface area contributed by atoms with Crippen molar-refractivity contribution in [2.24, 2.45) is 0 Å². The number of likely N-dealkylation sites (tertiary alicyclic amines) is 1. The van der Waals surface area contributed by atoms with Gasteiger partial charge in [-0.15, -0.1) is 11.3 Å². The van der Waals surface area contributed by atoms with Crippen LogP contribution in [0.5, 0.6) is 0 Å². The lowest BCUT2D eigenvalue weighted by Gasteiger charge is -2.33. The molecule has 0 radical (unpaired) electrons. The van der Waals surface area contributed by atoms with E-state index in [1.165, 1.54) is 5.01 Å². The number of hydrogen-bond donors (Lipinski definition) is 1. The Kier molecular flexibility index (Phi) is 6.08. The standard InChI is InChI=1S/C15H25F2N3S/c1-10(2)15-19-13(9-21-15)11(3)18-12-4-6-20(7-5-12)8-14(16)17/h9-12,14,18H,4-8H2,1-3H3/t11-/m0/s1. The number of thiazole rings is 1. The van der Waals surface area contributed by atoms with Crippen LogP contribution in [0.3, 0.4) is 0 Å². The second-order valence-electron chi connectivity index (χ2n) is 6.12. The lowest BCUT2D eigenvalue weighted by atomic mass is 10.0. The summed E-state index contributed by atoms with van der Waals surface area (Å²) < 4.78 is 24.7. The van der Waals surface area contributed by atoms with Gasteiger partial charge in [-0.3, -0.25) is 4.90 Å². The number of rotatable bonds is 6. The third-order valence-electron chi connectivity index (χ3n) is 3.95. The number of alkyl halides is 2. The molecule has 2 rings (SSSR count). The van der Waals surface area contributed by atoms with Gasteiger partial charge in [-0.25, -0.2) is 13.8 Å². The Hall–Kier alpha value is -0.590. The van der Waals surface area contributed by atoms with Crippen molar-refractivity contribution in [3.63, 3.8) is 0 Å². The van der Waals surface area contributed by atoms with Crippen LogP contribution in [0.4, 0.5) is 8.78 Å². The van der Waals surface area contributed by atoms with E-state index in [0.29, 0.717) is 12.0 Å². The molecule has 1 atom stereocenters. The summed E-state index contributed by atoms with van der Waals surface area (Å²) in [4.78, 5) is 6.53. The molecule has 1 saturated heterocycles. The third-order valence-corrected chi connectivity index (χ3v) is 5.11. The Morgan fingerprint density at radius 2 is 2.00 bits per heavy atom. The molecule has 0 unspecified atom stereocenters. The van der Waals surface area contributed by atoms with Crippen LogP contribution in [0.1, 0.15) is 56.3 Å². The molecular weight excluding hydrogens is 292 g/mol. The van der Waals surface area contributed by atoms with Gasteiger partial charge >= 0.3 is 0 Å². The molecule has 21 heavy (non-hydrogen) atoms. The normalized spacial score (nSPS) is 19.6. The van der Waals surface area contributed by atoms with Crippen molar-refractivity contribution in [2.75, 3.05) is 19.6 Å². The molecule has 0 aromatic carbocycles. The molecule has 0 aliphatic carbocycles. The minimum Gasteiger partial charge on any atom is -0.306 e. The summed E-state index contributed by atoms with van der Waals surface area (Å²) in [5.41, 5.74) is 1.10. The molecule has 120 valence electrons. The van der Waals surface area contributed by atoms with Gasteiger partial charge in [0.1, 0.15) is 0 Å². The average molecular weight is 317 g/mol. The fourth-order valence-electron chi connectivity index (χ4n) is 2.68. The number of piperidine rings is 1. The maximum atomic E-state index is 12.4. The van der Waals surface area contributed by atoms with E-state index in [2.05, 4.69) is 36.5 Å². The molecule has 0 amide bonds. The van der Waals surface area contributed by atoms with E-state index in [4.69, 9.17) is 0 Å². The molecule has 3 nitrogen and oxygen atoms in total. The zero-order valence-corrected chi connectivity index (χ0v) is 13.8. The zero-order valence-electron chi connectivity index (χ0n) is 13.0. The number of nitrogens with one attached hydrogen (secondary N) is 1. The summed E-state index contributed by atoms with van der Waals surface area (Å²) in [5.74, 6) is 0.466. The number of nitrogens with zero attached hydrogens (tertiary/aromatic N) is 2. The fourth-order valence-corrected chi connectivity index (χ4v) is 3.61. The highest BCUT2D eigenvalue weighted by molar-refractivity contribution is 7.09. The van der Waals surface area contributed by atoms with Gasteiger partial charge in [-0.2, -0.15) is 0 Å². The highest BCUT2D eigenvalue weighted by Crippen LogP contribution is 2.24. The Morgan fingerprint density at radius 3 is 2.52 bits per heavy atom. The lowest BCUT2D eigenvalue weighted by molar-refractivity contribution is 0.0722. The van der Waals surface area contributed by atoms with Crippen molar-refractivity contribution >= 4 is 11.3 Å². The quantitative estimate of drug-likeness (QED) is 0.868. The smallest absolute Gasteiger partial charge is 0.251 e. The number of hydrogen-bond acceptors (Lipinski definition) is 4. The van der Waals surface area contributed by atoms with E-state index in [1.54, 1.807) is 11.3 Å². The van der Waals surface area contributed by atoms with Gasteiger partial charge in [0.2, 0.25) is 0 Å². The first-order valence-electron chi connectivity index (χ1n) is 7.67. The van der Waals surface area contributed by atoms with E-state index in [-0.39, 0.29) is 12.6 Å². The Bertz CT molecular complexity index is 428. The van der Waals surface area contributed by atoms with E-state index in [9.17, 15) is 8.78 Å². The van der Waals surface area contributed by atoms with Crippen LogP contribution in [0, 0.1) is 0 Å². The Balaban J connectivity index is 1.79. The van der Waals surface area contributed by atoms with Gasteiger partial charge in [-0.05, 0) is 32.9 Å². The van der Waals surface area contributed by atoms with Gasteiger partial charge in [0.05, 0.1) is 17.2 Å². The summed E-state index contributed by atoms with van der Waals surface area (Å²) in [6.45, 7) is 7.85. The predicted molar refractivity (Wildman–Crippen MR) is 83.2 cm³/mol. The largest absolute Gasteiger partial charge is 0.306 e. The second kappa shape index (κ2) is 7.61. The minimum atomic E-state index is -2.22. The fraction of sp³-hybridized carbons (Fsp3) is 0.800. The molecule has 2 heterocycles. The van der Waals surface area contributed by atoms with Crippen molar-refractivity contribution in [2.45, 2.75) is 58.0 Å². The molecule has 0 bridgehead atoms. The molecule has 1 fully saturated rings. The molecule has 1 N–H and O–H groups in total. The first-order valence-corrected chi connectivity index (χ1v) is 8.55. The molecule has 1 aliphatic heterocycles. The number of aromatic nitrogens is 1. The maximum absolute atomic E-state index is 12.4. The van der Waals surface area contributed by atoms with Crippen LogP contribution in [0.25, 0.3) is 0 Å². The molecule has 0 spiro atoms. The maximum Gasteiger partial charge on any atom is 0.251 e. The number of halogens is 2. The van der Waals surface area contributed by atoms with Crippen LogP contribution in [0.15, 0.2) is 5.38 Å². The predicted octanol–water partition coefficient (Wildman–Crippen LogP) is 3.65. The highest BCUT2D eigenvalue weighted by Gasteiger charge is 2.23. The van der Waals surface area contributed by atoms with Crippen LogP contribution in [-0.4, -0.2) is 42.0 Å². The average Bonchev–Trinajstić information content (AvgIpc) is 2.90. The molecule has 0 saturated carbocycles. The molecule has 6 heteroatoms. The Morgan fingerprint density at radius 1 is 1.33 bits per heavy atom. The van der Waals surface area contributed by atoms with Crippen LogP contribution in [-0.2, 0) is 0 Å². The highest BCUT2D eigenvalue weighted by atomic mass is 32.1. The zero-order chi connectivity index (χ0) is 15.4. The summed E-state index contributed by atoms with van der Waals surface area (Å²) in [7, 11) is 0. The van der Waals surface area contributed by atoms with Crippen LogP contribution in [0.2, 0.25) is 0 Å². The van der Waals surface area contributed by atoms with E-state index in [0.717, 1.165) is 31.6 Å². The first-order chi connectivity index (χ1) is 9.95. The first kappa shape index (κ1) is 16.8.